The second-order valence-electron chi connectivity index (χ2n) is 4.17. The van der Waals surface area contributed by atoms with Crippen molar-refractivity contribution in [2.24, 2.45) is 0 Å². The van der Waals surface area contributed by atoms with Crippen molar-refractivity contribution in [3.63, 3.8) is 0 Å². The number of benzene rings is 1. The van der Waals surface area contributed by atoms with E-state index in [1.54, 1.807) is 16.8 Å². The van der Waals surface area contributed by atoms with Crippen molar-refractivity contribution in [2.45, 2.75) is 20.4 Å². The highest BCUT2D eigenvalue weighted by molar-refractivity contribution is 9.10. The number of hydrogen-bond donors (Lipinski definition) is 0. The predicted molar refractivity (Wildman–Crippen MR) is 79.3 cm³/mol. The van der Waals surface area contributed by atoms with Gasteiger partial charge in [0.15, 0.2) is 0 Å². The molecule has 0 spiro atoms. The van der Waals surface area contributed by atoms with Crippen LogP contribution in [0.4, 0.5) is 5.69 Å². The van der Waals surface area contributed by atoms with Gasteiger partial charge in [0.25, 0.3) is 5.69 Å². The van der Waals surface area contributed by atoms with Crippen molar-refractivity contribution in [3.8, 4) is 0 Å². The van der Waals surface area contributed by atoms with Crippen LogP contribution in [0, 0.1) is 24.0 Å². The Labute approximate surface area is 127 Å². The molecular weight excluding hydrogens is 378 g/mol. The van der Waals surface area contributed by atoms with Gasteiger partial charge in [-0.2, -0.15) is 5.10 Å². The Morgan fingerprint density at radius 3 is 2.58 bits per heavy atom. The number of nitrogens with zero attached hydrogens (tertiary/aromatic N) is 3. The second-order valence-corrected chi connectivity index (χ2v) is 5.88. The fourth-order valence-corrected chi connectivity index (χ4v) is 2.46. The molecule has 7 heteroatoms. The van der Waals surface area contributed by atoms with Crippen molar-refractivity contribution >= 4 is 37.5 Å². The highest BCUT2D eigenvalue weighted by atomic mass is 79.9. The molecule has 0 aliphatic rings. The first-order chi connectivity index (χ1) is 8.90. The van der Waals surface area contributed by atoms with Crippen LogP contribution in [0.25, 0.3) is 0 Å². The van der Waals surface area contributed by atoms with Gasteiger partial charge in [0.1, 0.15) is 0 Å². The third-order valence-electron chi connectivity index (χ3n) is 2.86. The molecule has 1 aromatic heterocycles. The van der Waals surface area contributed by atoms with Gasteiger partial charge in [-0.25, -0.2) is 0 Å². The molecule has 0 radical (unpaired) electrons. The van der Waals surface area contributed by atoms with Crippen molar-refractivity contribution in [1.82, 2.24) is 9.78 Å². The molecule has 0 atom stereocenters. The first-order valence-electron chi connectivity index (χ1n) is 5.52. The lowest BCUT2D eigenvalue weighted by atomic mass is 10.2. The molecule has 2 aromatic rings. The van der Waals surface area contributed by atoms with E-state index in [2.05, 4.69) is 37.0 Å². The Hall–Kier alpha value is -1.21. The van der Waals surface area contributed by atoms with Gasteiger partial charge in [0.05, 0.1) is 32.9 Å². The average molecular weight is 389 g/mol. The van der Waals surface area contributed by atoms with E-state index in [1.165, 1.54) is 6.07 Å². The first-order valence-corrected chi connectivity index (χ1v) is 7.11. The van der Waals surface area contributed by atoms with E-state index in [0.29, 0.717) is 16.6 Å². The van der Waals surface area contributed by atoms with Crippen LogP contribution < -0.4 is 0 Å². The van der Waals surface area contributed by atoms with E-state index >= 15 is 0 Å². The maximum Gasteiger partial charge on any atom is 0.275 e. The molecule has 0 unspecified atom stereocenters. The molecule has 100 valence electrons. The maximum absolute atomic E-state index is 11.1. The standard InChI is InChI=1S/C12H11Br2N3O2/c1-7-12(14)8(2)16(15-7)6-9-3-4-10(13)5-11(9)17(18)19/h3-5H,6H2,1-2H3. The topological polar surface area (TPSA) is 61.0 Å². The van der Waals surface area contributed by atoms with Crippen molar-refractivity contribution in [3.05, 3.63) is 54.2 Å². The molecule has 0 bridgehead atoms. The molecule has 1 heterocycles. The summed E-state index contributed by atoms with van der Waals surface area (Å²) in [7, 11) is 0. The molecular formula is C12H11Br2N3O2. The quantitative estimate of drug-likeness (QED) is 0.590. The summed E-state index contributed by atoms with van der Waals surface area (Å²) >= 11 is 6.69. The minimum absolute atomic E-state index is 0.0954. The average Bonchev–Trinajstić information content (AvgIpc) is 2.59. The van der Waals surface area contributed by atoms with Crippen molar-refractivity contribution in [1.29, 1.82) is 0 Å². The van der Waals surface area contributed by atoms with Crippen LogP contribution in [0.1, 0.15) is 17.0 Å². The summed E-state index contributed by atoms with van der Waals surface area (Å²) in [6.45, 7) is 4.19. The Bertz CT molecular complexity index is 653. The third kappa shape index (κ3) is 2.87. The molecule has 0 amide bonds. The number of halogens is 2. The van der Waals surface area contributed by atoms with Gasteiger partial charge < -0.3 is 0 Å². The molecule has 19 heavy (non-hydrogen) atoms. The van der Waals surface area contributed by atoms with Crippen LogP contribution in [-0.4, -0.2) is 14.7 Å². The highest BCUT2D eigenvalue weighted by Crippen LogP contribution is 2.26. The largest absolute Gasteiger partial charge is 0.275 e. The van der Waals surface area contributed by atoms with E-state index in [4.69, 9.17) is 0 Å². The molecule has 0 fully saturated rings. The third-order valence-corrected chi connectivity index (χ3v) is 4.50. The van der Waals surface area contributed by atoms with E-state index in [-0.39, 0.29) is 10.6 Å². The fraction of sp³-hybridized carbons (Fsp3) is 0.250. The lowest BCUT2D eigenvalue weighted by Crippen LogP contribution is -2.06. The molecule has 0 aliphatic heterocycles. The van der Waals surface area contributed by atoms with Crippen LogP contribution >= 0.6 is 31.9 Å². The van der Waals surface area contributed by atoms with Gasteiger partial charge >= 0.3 is 0 Å². The normalized spacial score (nSPS) is 10.7. The van der Waals surface area contributed by atoms with Gasteiger partial charge in [-0.1, -0.05) is 15.9 Å². The van der Waals surface area contributed by atoms with E-state index < -0.39 is 0 Å². The van der Waals surface area contributed by atoms with E-state index in [0.717, 1.165) is 15.9 Å². The van der Waals surface area contributed by atoms with Gasteiger partial charge in [-0.15, -0.1) is 0 Å². The number of aryl methyl sites for hydroxylation is 1. The van der Waals surface area contributed by atoms with Crippen LogP contribution in [0.3, 0.4) is 0 Å². The Morgan fingerprint density at radius 2 is 2.05 bits per heavy atom. The summed E-state index contributed by atoms with van der Waals surface area (Å²) in [4.78, 5) is 10.7. The molecule has 0 saturated carbocycles. The van der Waals surface area contributed by atoms with Crippen LogP contribution in [0.2, 0.25) is 0 Å². The van der Waals surface area contributed by atoms with Crippen LogP contribution in [0.5, 0.6) is 0 Å². The first kappa shape index (κ1) is 14.2. The zero-order valence-corrected chi connectivity index (χ0v) is 13.5. The lowest BCUT2D eigenvalue weighted by molar-refractivity contribution is -0.385. The summed E-state index contributed by atoms with van der Waals surface area (Å²) < 4.78 is 3.39. The van der Waals surface area contributed by atoms with Gasteiger partial charge in [0, 0.05) is 10.5 Å². The Kier molecular flexibility index (Phi) is 4.05. The van der Waals surface area contributed by atoms with Gasteiger partial charge in [0.2, 0.25) is 0 Å². The fourth-order valence-electron chi connectivity index (χ4n) is 1.83. The van der Waals surface area contributed by atoms with E-state index in [1.807, 2.05) is 13.8 Å². The summed E-state index contributed by atoms with van der Waals surface area (Å²) in [6.07, 6.45) is 0. The number of aromatic nitrogens is 2. The molecule has 0 aliphatic carbocycles. The minimum Gasteiger partial charge on any atom is -0.264 e. The van der Waals surface area contributed by atoms with Crippen LogP contribution in [-0.2, 0) is 6.54 Å². The molecule has 1 aromatic carbocycles. The number of rotatable bonds is 3. The minimum atomic E-state index is -0.374. The summed E-state index contributed by atoms with van der Waals surface area (Å²) in [5, 5.41) is 15.4. The summed E-state index contributed by atoms with van der Waals surface area (Å²) in [6, 6.07) is 5.05. The van der Waals surface area contributed by atoms with Gasteiger partial charge in [-0.05, 0) is 41.9 Å². The number of nitro groups is 1. The summed E-state index contributed by atoms with van der Waals surface area (Å²) in [5.41, 5.74) is 2.55. The zero-order valence-electron chi connectivity index (χ0n) is 10.4. The second kappa shape index (κ2) is 5.42. The van der Waals surface area contributed by atoms with Gasteiger partial charge in [-0.3, -0.25) is 14.8 Å². The van der Waals surface area contributed by atoms with Crippen molar-refractivity contribution < 1.29 is 4.92 Å². The molecule has 0 saturated heterocycles. The highest BCUT2D eigenvalue weighted by Gasteiger charge is 2.17. The Balaban J connectivity index is 2.43. The predicted octanol–water partition coefficient (Wildman–Crippen LogP) is 3.98. The van der Waals surface area contributed by atoms with E-state index in [9.17, 15) is 10.1 Å². The maximum atomic E-state index is 11.1. The molecule has 2 rings (SSSR count). The van der Waals surface area contributed by atoms with Crippen molar-refractivity contribution in [2.75, 3.05) is 0 Å². The SMILES string of the molecule is Cc1nn(Cc2ccc(Br)cc2[N+](=O)[O-])c(C)c1Br. The Morgan fingerprint density at radius 1 is 1.37 bits per heavy atom. The number of hydrogen-bond acceptors (Lipinski definition) is 3. The smallest absolute Gasteiger partial charge is 0.264 e. The lowest BCUT2D eigenvalue weighted by Gasteiger charge is -2.06. The number of nitro benzene ring substituents is 1. The molecule has 0 N–H and O–H groups in total. The zero-order chi connectivity index (χ0) is 14.2. The van der Waals surface area contributed by atoms with Crippen LogP contribution in [0.15, 0.2) is 27.1 Å². The monoisotopic (exact) mass is 387 g/mol. The summed E-state index contributed by atoms with van der Waals surface area (Å²) in [5.74, 6) is 0. The molecule has 5 nitrogen and oxygen atoms in total.